The zero-order chi connectivity index (χ0) is 11.9. The summed E-state index contributed by atoms with van der Waals surface area (Å²) in [7, 11) is 0. The van der Waals surface area contributed by atoms with Gasteiger partial charge in [0.05, 0.1) is 0 Å². The highest BCUT2D eigenvalue weighted by Crippen LogP contribution is 2.29. The molecule has 0 spiro atoms. The molecule has 0 amide bonds. The van der Waals surface area contributed by atoms with Crippen LogP contribution in [0.2, 0.25) is 0 Å². The van der Waals surface area contributed by atoms with Crippen LogP contribution in [0.25, 0.3) is 0 Å². The van der Waals surface area contributed by atoms with Gasteiger partial charge in [-0.05, 0) is 42.7 Å². The van der Waals surface area contributed by atoms with Gasteiger partial charge in [-0.1, -0.05) is 38.5 Å². The molecule has 1 atom stereocenters. The minimum atomic E-state index is 0.330. The number of hydrogen-bond donors (Lipinski definition) is 1. The molecule has 0 heterocycles. The van der Waals surface area contributed by atoms with E-state index in [0.29, 0.717) is 5.41 Å². The van der Waals surface area contributed by atoms with Gasteiger partial charge in [0.2, 0.25) is 0 Å². The largest absolute Gasteiger partial charge is 0.330 e. The van der Waals surface area contributed by atoms with Gasteiger partial charge >= 0.3 is 0 Å². The lowest BCUT2D eigenvalue weighted by molar-refractivity contribution is 0.296. The Balaban J connectivity index is 2.34. The second kappa shape index (κ2) is 6.97. The number of benzene rings is 1. The van der Waals surface area contributed by atoms with Crippen molar-refractivity contribution in [1.82, 2.24) is 0 Å². The van der Waals surface area contributed by atoms with Gasteiger partial charge in [-0.15, -0.1) is 11.8 Å². The van der Waals surface area contributed by atoms with Crippen molar-refractivity contribution in [2.24, 2.45) is 11.1 Å². The SMILES string of the molecule is CCCC(C)(CN)CCSc1ccccc1. The van der Waals surface area contributed by atoms with E-state index in [2.05, 4.69) is 44.2 Å². The van der Waals surface area contributed by atoms with E-state index in [1.807, 2.05) is 11.8 Å². The third-order valence-electron chi connectivity index (χ3n) is 3.06. The van der Waals surface area contributed by atoms with Gasteiger partial charge in [0, 0.05) is 4.90 Å². The Morgan fingerprint density at radius 2 is 1.88 bits per heavy atom. The molecule has 2 heteroatoms. The van der Waals surface area contributed by atoms with E-state index in [1.165, 1.54) is 24.2 Å². The minimum absolute atomic E-state index is 0.330. The normalized spacial score (nSPS) is 14.7. The number of hydrogen-bond acceptors (Lipinski definition) is 2. The Hall–Kier alpha value is -0.470. The maximum Gasteiger partial charge on any atom is 0.00719 e. The molecule has 1 aromatic carbocycles. The van der Waals surface area contributed by atoms with E-state index in [0.717, 1.165) is 12.3 Å². The van der Waals surface area contributed by atoms with Crippen LogP contribution in [0.1, 0.15) is 33.1 Å². The summed E-state index contributed by atoms with van der Waals surface area (Å²) >= 11 is 1.93. The average Bonchev–Trinajstić information content (AvgIpc) is 2.31. The Kier molecular flexibility index (Phi) is 5.93. The third-order valence-corrected chi connectivity index (χ3v) is 4.08. The van der Waals surface area contributed by atoms with E-state index in [1.54, 1.807) is 0 Å². The quantitative estimate of drug-likeness (QED) is 0.727. The third kappa shape index (κ3) is 4.58. The fourth-order valence-corrected chi connectivity index (χ4v) is 3.04. The van der Waals surface area contributed by atoms with E-state index < -0.39 is 0 Å². The van der Waals surface area contributed by atoms with Crippen molar-refractivity contribution in [1.29, 1.82) is 0 Å². The van der Waals surface area contributed by atoms with E-state index >= 15 is 0 Å². The second-order valence-corrected chi connectivity index (χ2v) is 5.84. The summed E-state index contributed by atoms with van der Waals surface area (Å²) in [6.45, 7) is 5.34. The van der Waals surface area contributed by atoms with Crippen LogP contribution in [-0.4, -0.2) is 12.3 Å². The molecule has 0 aliphatic heterocycles. The molecule has 1 aromatic rings. The van der Waals surface area contributed by atoms with E-state index in [9.17, 15) is 0 Å². The Morgan fingerprint density at radius 1 is 1.19 bits per heavy atom. The summed E-state index contributed by atoms with van der Waals surface area (Å²) < 4.78 is 0. The molecule has 0 bridgehead atoms. The number of thioether (sulfide) groups is 1. The molecular formula is C14H23NS. The highest BCUT2D eigenvalue weighted by molar-refractivity contribution is 7.99. The van der Waals surface area contributed by atoms with Crippen LogP contribution in [0.4, 0.5) is 0 Å². The van der Waals surface area contributed by atoms with Gasteiger partial charge < -0.3 is 5.73 Å². The molecule has 0 saturated heterocycles. The van der Waals surface area contributed by atoms with Crippen LogP contribution in [0.3, 0.4) is 0 Å². The summed E-state index contributed by atoms with van der Waals surface area (Å²) in [5.41, 5.74) is 6.19. The molecule has 1 unspecified atom stereocenters. The number of rotatable bonds is 7. The topological polar surface area (TPSA) is 26.0 Å². The van der Waals surface area contributed by atoms with Crippen LogP contribution < -0.4 is 5.73 Å². The molecule has 0 aromatic heterocycles. The van der Waals surface area contributed by atoms with Gasteiger partial charge in [0.1, 0.15) is 0 Å². The Labute approximate surface area is 104 Å². The van der Waals surface area contributed by atoms with Crippen molar-refractivity contribution in [3.05, 3.63) is 30.3 Å². The monoisotopic (exact) mass is 237 g/mol. The molecule has 0 radical (unpaired) electrons. The maximum absolute atomic E-state index is 5.86. The zero-order valence-corrected chi connectivity index (χ0v) is 11.2. The molecule has 1 nitrogen and oxygen atoms in total. The molecular weight excluding hydrogens is 214 g/mol. The van der Waals surface area contributed by atoms with Gasteiger partial charge in [-0.2, -0.15) is 0 Å². The number of nitrogens with two attached hydrogens (primary N) is 1. The predicted octanol–water partition coefficient (Wildman–Crippen LogP) is 3.93. The fourth-order valence-electron chi connectivity index (χ4n) is 1.86. The zero-order valence-electron chi connectivity index (χ0n) is 10.4. The summed E-state index contributed by atoms with van der Waals surface area (Å²) in [6, 6.07) is 10.6. The van der Waals surface area contributed by atoms with Gasteiger partial charge in [0.25, 0.3) is 0 Å². The van der Waals surface area contributed by atoms with Crippen molar-refractivity contribution in [2.45, 2.75) is 38.0 Å². The highest BCUT2D eigenvalue weighted by Gasteiger charge is 2.20. The predicted molar refractivity (Wildman–Crippen MR) is 73.9 cm³/mol. The standard InChI is InChI=1S/C14H23NS/c1-3-9-14(2,12-15)10-11-16-13-7-5-4-6-8-13/h4-8H,3,9-12,15H2,1-2H3. The van der Waals surface area contributed by atoms with Crippen molar-refractivity contribution >= 4 is 11.8 Å². The lowest BCUT2D eigenvalue weighted by Crippen LogP contribution is -2.27. The first-order valence-electron chi connectivity index (χ1n) is 6.08. The first-order valence-corrected chi connectivity index (χ1v) is 7.07. The Bertz CT molecular complexity index is 286. The second-order valence-electron chi connectivity index (χ2n) is 4.68. The molecule has 16 heavy (non-hydrogen) atoms. The summed E-state index contributed by atoms with van der Waals surface area (Å²) in [5.74, 6) is 1.16. The van der Waals surface area contributed by atoms with Crippen LogP contribution >= 0.6 is 11.8 Å². The first-order chi connectivity index (χ1) is 7.70. The van der Waals surface area contributed by atoms with Crippen molar-refractivity contribution in [3.8, 4) is 0 Å². The minimum Gasteiger partial charge on any atom is -0.330 e. The van der Waals surface area contributed by atoms with Crippen molar-refractivity contribution < 1.29 is 0 Å². The molecule has 0 aliphatic rings. The summed E-state index contributed by atoms with van der Waals surface area (Å²) in [5, 5.41) is 0. The maximum atomic E-state index is 5.86. The molecule has 0 saturated carbocycles. The molecule has 2 N–H and O–H groups in total. The molecule has 0 aliphatic carbocycles. The summed E-state index contributed by atoms with van der Waals surface area (Å²) in [4.78, 5) is 1.36. The molecule has 1 rings (SSSR count). The summed E-state index contributed by atoms with van der Waals surface area (Å²) in [6.07, 6.45) is 3.67. The molecule has 90 valence electrons. The van der Waals surface area contributed by atoms with Crippen molar-refractivity contribution in [3.63, 3.8) is 0 Å². The fraction of sp³-hybridized carbons (Fsp3) is 0.571. The van der Waals surface area contributed by atoms with Gasteiger partial charge in [-0.25, -0.2) is 0 Å². The van der Waals surface area contributed by atoms with Crippen molar-refractivity contribution in [2.75, 3.05) is 12.3 Å². The average molecular weight is 237 g/mol. The van der Waals surface area contributed by atoms with Crippen LogP contribution in [0.5, 0.6) is 0 Å². The molecule has 0 fully saturated rings. The first kappa shape index (κ1) is 13.6. The highest BCUT2D eigenvalue weighted by atomic mass is 32.2. The Morgan fingerprint density at radius 3 is 2.44 bits per heavy atom. The van der Waals surface area contributed by atoms with E-state index in [-0.39, 0.29) is 0 Å². The van der Waals surface area contributed by atoms with Crippen LogP contribution in [0, 0.1) is 5.41 Å². The van der Waals surface area contributed by atoms with Crippen LogP contribution in [0.15, 0.2) is 35.2 Å². The lowest BCUT2D eigenvalue weighted by Gasteiger charge is -2.27. The smallest absolute Gasteiger partial charge is 0.00719 e. The van der Waals surface area contributed by atoms with Crippen LogP contribution in [-0.2, 0) is 0 Å². The van der Waals surface area contributed by atoms with E-state index in [4.69, 9.17) is 5.73 Å². The van der Waals surface area contributed by atoms with Gasteiger partial charge in [-0.3, -0.25) is 0 Å². The lowest BCUT2D eigenvalue weighted by atomic mass is 9.83. The van der Waals surface area contributed by atoms with Gasteiger partial charge in [0.15, 0.2) is 0 Å².